The van der Waals surface area contributed by atoms with E-state index in [1.54, 1.807) is 6.08 Å². The highest BCUT2D eigenvalue weighted by Crippen LogP contribution is 2.29. The minimum absolute atomic E-state index is 0.143. The molecule has 2 fully saturated rings. The second-order valence-electron chi connectivity index (χ2n) is 14.7. The second-order valence-corrected chi connectivity index (χ2v) is 14.7. The van der Waals surface area contributed by atoms with E-state index < -0.39 is 86.8 Å². The topological polar surface area (TPSA) is 228 Å². The summed E-state index contributed by atoms with van der Waals surface area (Å²) in [6, 6.07) is -0.977. The molecule has 2 saturated heterocycles. The molecule has 0 aromatic carbocycles. The van der Waals surface area contributed by atoms with Gasteiger partial charge in [-0.3, -0.25) is 4.79 Å². The number of nitrogens with one attached hydrogen (secondary N) is 1. The van der Waals surface area contributed by atoms with Crippen molar-refractivity contribution in [3.05, 3.63) is 85.1 Å². The number of hydrogen-bond donors (Lipinski definition) is 9. The molecule has 2 aliphatic heterocycles. The molecule has 9 N–H and O–H groups in total. The molecule has 2 heterocycles. The molecule has 12 unspecified atom stereocenters. The van der Waals surface area contributed by atoms with Crippen molar-refractivity contribution in [1.82, 2.24) is 5.32 Å². The quantitative estimate of drug-likeness (QED) is 0.0389. The molecule has 336 valence electrons. The van der Waals surface area contributed by atoms with Gasteiger partial charge in [0.15, 0.2) is 12.6 Å². The summed E-state index contributed by atoms with van der Waals surface area (Å²) >= 11 is 0. The number of amides is 1. The van der Waals surface area contributed by atoms with E-state index >= 15 is 0 Å². The molecule has 0 bridgehead atoms. The standard InChI is InChI=1S/C45H73NO13/c1-3-5-7-9-11-13-15-17-19-21-23-25-27-29-37(50)46-33(34(49)28-26-24-22-20-18-16-14-12-10-8-6-4-2)32-56-44-42(55)40(53)43(36(31-48)58-44)59-45-41(54)39(52)38(51)35(30-47)57-45/h5,7,10-13,17-20,23,25-26,28,33-36,38-45,47-49,51-55H,3-4,6,8-9,14-16,21-22,24,27,29-32H2,1-2H3,(H,46,50)/b7-5-,12-10+,13-11-,19-17-,20-18+,25-23-,28-26+. The van der Waals surface area contributed by atoms with Crippen molar-refractivity contribution in [3.63, 3.8) is 0 Å². The highest BCUT2D eigenvalue weighted by molar-refractivity contribution is 5.76. The number of carbonyl (C=O) groups excluding carboxylic acids is 1. The minimum Gasteiger partial charge on any atom is -0.394 e. The summed E-state index contributed by atoms with van der Waals surface area (Å²) in [5.74, 6) is -0.341. The Morgan fingerprint density at radius 1 is 0.627 bits per heavy atom. The largest absolute Gasteiger partial charge is 0.394 e. The summed E-state index contributed by atoms with van der Waals surface area (Å²) in [6.07, 6.45) is 22.3. The Hall–Kier alpha value is -2.83. The van der Waals surface area contributed by atoms with Crippen LogP contribution < -0.4 is 5.32 Å². The molecule has 0 spiro atoms. The average molecular weight is 836 g/mol. The molecule has 0 radical (unpaired) electrons. The zero-order chi connectivity index (χ0) is 43.3. The fourth-order valence-corrected chi connectivity index (χ4v) is 6.26. The minimum atomic E-state index is -1.80. The van der Waals surface area contributed by atoms with Crippen molar-refractivity contribution < 1.29 is 64.6 Å². The van der Waals surface area contributed by atoms with Gasteiger partial charge < -0.3 is 65.1 Å². The van der Waals surface area contributed by atoms with Crippen molar-refractivity contribution in [3.8, 4) is 0 Å². The Bertz CT molecular complexity index is 1310. The SMILES string of the molecule is CC/C=C\C/C=C\C/C=C\C/C=C\CCC(=O)NC(COC1OC(CO)C(OC2OC(CO)C(O)C(O)C2O)C(O)C1O)C(O)/C=C/CC/C=C/CC/C=C/CCCC. The van der Waals surface area contributed by atoms with Crippen LogP contribution in [0.1, 0.15) is 97.3 Å². The van der Waals surface area contributed by atoms with Crippen LogP contribution in [0, 0.1) is 0 Å². The third-order valence-corrected chi connectivity index (χ3v) is 9.81. The number of rotatable bonds is 29. The van der Waals surface area contributed by atoms with Crippen LogP contribution in [0.4, 0.5) is 0 Å². The monoisotopic (exact) mass is 836 g/mol. The van der Waals surface area contributed by atoms with Gasteiger partial charge in [0.1, 0.15) is 48.8 Å². The molecule has 14 nitrogen and oxygen atoms in total. The lowest BCUT2D eigenvalue weighted by Crippen LogP contribution is -2.65. The molecule has 12 atom stereocenters. The number of carbonyl (C=O) groups is 1. The van der Waals surface area contributed by atoms with Crippen LogP contribution in [0.2, 0.25) is 0 Å². The second kappa shape index (κ2) is 32.0. The normalized spacial score (nSPS) is 29.4. The molecular formula is C45H73NO13. The van der Waals surface area contributed by atoms with Gasteiger partial charge in [-0.25, -0.2) is 0 Å². The molecule has 14 heteroatoms. The van der Waals surface area contributed by atoms with Crippen molar-refractivity contribution >= 4 is 5.91 Å². The first kappa shape index (κ1) is 52.3. The predicted molar refractivity (Wildman–Crippen MR) is 226 cm³/mol. The highest BCUT2D eigenvalue weighted by Gasteiger charge is 2.50. The first-order valence-corrected chi connectivity index (χ1v) is 21.3. The van der Waals surface area contributed by atoms with Crippen LogP contribution in [0.25, 0.3) is 0 Å². The lowest BCUT2D eigenvalue weighted by Gasteiger charge is -2.46. The van der Waals surface area contributed by atoms with Crippen LogP contribution in [-0.4, -0.2) is 140 Å². The van der Waals surface area contributed by atoms with E-state index in [0.717, 1.165) is 51.4 Å². The van der Waals surface area contributed by atoms with Crippen molar-refractivity contribution in [2.45, 2.75) is 171 Å². The molecule has 0 aromatic heterocycles. The van der Waals surface area contributed by atoms with Crippen molar-refractivity contribution in [2.75, 3.05) is 19.8 Å². The molecule has 2 rings (SSSR count). The van der Waals surface area contributed by atoms with Crippen LogP contribution in [-0.2, 0) is 23.7 Å². The molecule has 0 aliphatic carbocycles. The highest BCUT2D eigenvalue weighted by atomic mass is 16.7. The number of allylic oxidation sites excluding steroid dienone is 13. The Morgan fingerprint density at radius 3 is 1.75 bits per heavy atom. The van der Waals surface area contributed by atoms with E-state index in [1.807, 2.05) is 18.2 Å². The molecule has 0 saturated carbocycles. The van der Waals surface area contributed by atoms with Gasteiger partial charge in [0.25, 0.3) is 0 Å². The Labute approximate surface area is 350 Å². The van der Waals surface area contributed by atoms with E-state index in [0.29, 0.717) is 12.8 Å². The smallest absolute Gasteiger partial charge is 0.220 e. The van der Waals surface area contributed by atoms with Gasteiger partial charge in [-0.15, -0.1) is 0 Å². The summed E-state index contributed by atoms with van der Waals surface area (Å²) in [7, 11) is 0. The van der Waals surface area contributed by atoms with Crippen molar-refractivity contribution in [1.29, 1.82) is 0 Å². The first-order chi connectivity index (χ1) is 28.6. The third-order valence-electron chi connectivity index (χ3n) is 9.81. The maximum atomic E-state index is 13.0. The third kappa shape index (κ3) is 20.5. The summed E-state index contributed by atoms with van der Waals surface area (Å²) in [5, 5.41) is 86.2. The number of ether oxygens (including phenoxy) is 4. The number of unbranched alkanes of at least 4 members (excludes halogenated alkanes) is 4. The van der Waals surface area contributed by atoms with Crippen LogP contribution >= 0.6 is 0 Å². The maximum Gasteiger partial charge on any atom is 0.220 e. The first-order valence-electron chi connectivity index (χ1n) is 21.3. The zero-order valence-electron chi connectivity index (χ0n) is 34.9. The Morgan fingerprint density at radius 2 is 1.15 bits per heavy atom. The van der Waals surface area contributed by atoms with Gasteiger partial charge in [0.2, 0.25) is 5.91 Å². The average Bonchev–Trinajstić information content (AvgIpc) is 3.23. The van der Waals surface area contributed by atoms with Gasteiger partial charge in [0, 0.05) is 6.42 Å². The summed E-state index contributed by atoms with van der Waals surface area (Å²) in [4.78, 5) is 13.0. The Kier molecular flexibility index (Phi) is 28.3. The fraction of sp³-hybridized carbons (Fsp3) is 0.667. The van der Waals surface area contributed by atoms with E-state index in [4.69, 9.17) is 18.9 Å². The van der Waals surface area contributed by atoms with Gasteiger partial charge >= 0.3 is 0 Å². The lowest BCUT2D eigenvalue weighted by molar-refractivity contribution is -0.359. The van der Waals surface area contributed by atoms with Gasteiger partial charge in [0.05, 0.1) is 32.0 Å². The number of hydrogen-bond acceptors (Lipinski definition) is 13. The maximum absolute atomic E-state index is 13.0. The van der Waals surface area contributed by atoms with E-state index in [2.05, 4.69) is 79.9 Å². The van der Waals surface area contributed by atoms with Crippen LogP contribution in [0.15, 0.2) is 85.1 Å². The number of aliphatic hydroxyl groups is 8. The van der Waals surface area contributed by atoms with Crippen LogP contribution in [0.5, 0.6) is 0 Å². The fourth-order valence-electron chi connectivity index (χ4n) is 6.26. The zero-order valence-corrected chi connectivity index (χ0v) is 34.9. The Balaban J connectivity index is 1.99. The predicted octanol–water partition coefficient (Wildman–Crippen LogP) is 3.48. The molecule has 1 amide bonds. The van der Waals surface area contributed by atoms with E-state index in [-0.39, 0.29) is 18.9 Å². The number of aliphatic hydroxyl groups excluding tert-OH is 8. The van der Waals surface area contributed by atoms with Gasteiger partial charge in [-0.05, 0) is 64.2 Å². The van der Waals surface area contributed by atoms with E-state index in [9.17, 15) is 45.6 Å². The summed E-state index contributed by atoms with van der Waals surface area (Å²) < 4.78 is 22.5. The van der Waals surface area contributed by atoms with Crippen LogP contribution in [0.3, 0.4) is 0 Å². The lowest BCUT2D eigenvalue weighted by atomic mass is 9.97. The van der Waals surface area contributed by atoms with Crippen molar-refractivity contribution in [2.24, 2.45) is 0 Å². The summed E-state index contributed by atoms with van der Waals surface area (Å²) in [6.45, 7) is 2.48. The van der Waals surface area contributed by atoms with E-state index in [1.165, 1.54) is 12.8 Å². The molecular weight excluding hydrogens is 762 g/mol. The van der Waals surface area contributed by atoms with Gasteiger partial charge in [-0.1, -0.05) is 112 Å². The molecule has 2 aliphatic rings. The molecule has 59 heavy (non-hydrogen) atoms. The molecule has 0 aromatic rings. The summed E-state index contributed by atoms with van der Waals surface area (Å²) in [5.41, 5.74) is 0. The van der Waals surface area contributed by atoms with Gasteiger partial charge in [-0.2, -0.15) is 0 Å².